The molecular formula is C24H16N2O4. The van der Waals surface area contributed by atoms with Gasteiger partial charge in [0.1, 0.15) is 16.9 Å². The van der Waals surface area contributed by atoms with Crippen LogP contribution in [0.3, 0.4) is 0 Å². The van der Waals surface area contributed by atoms with Gasteiger partial charge in [-0.05, 0) is 36.4 Å². The highest BCUT2D eigenvalue weighted by atomic mass is 16.4. The van der Waals surface area contributed by atoms with E-state index in [1.807, 2.05) is 42.5 Å². The van der Waals surface area contributed by atoms with Crippen molar-refractivity contribution in [2.45, 2.75) is 0 Å². The fourth-order valence-corrected chi connectivity index (χ4v) is 3.31. The molecule has 2 amide bonds. The number of hydrogen-bond donors (Lipinski definition) is 2. The van der Waals surface area contributed by atoms with Gasteiger partial charge in [0.15, 0.2) is 5.76 Å². The van der Waals surface area contributed by atoms with E-state index in [0.29, 0.717) is 27.9 Å². The van der Waals surface area contributed by atoms with Crippen LogP contribution >= 0.6 is 0 Å². The predicted molar refractivity (Wildman–Crippen MR) is 115 cm³/mol. The van der Waals surface area contributed by atoms with Gasteiger partial charge in [0.2, 0.25) is 5.76 Å². The summed E-state index contributed by atoms with van der Waals surface area (Å²) in [6, 6.07) is 25.2. The molecule has 2 N–H and O–H groups in total. The molecule has 5 aromatic rings. The largest absolute Gasteiger partial charge is 0.451 e. The zero-order chi connectivity index (χ0) is 20.5. The van der Waals surface area contributed by atoms with Gasteiger partial charge < -0.3 is 19.5 Å². The Morgan fingerprint density at radius 3 is 2.17 bits per heavy atom. The van der Waals surface area contributed by atoms with Gasteiger partial charge in [-0.2, -0.15) is 0 Å². The minimum atomic E-state index is -0.466. The first kappa shape index (κ1) is 17.8. The van der Waals surface area contributed by atoms with Gasteiger partial charge >= 0.3 is 0 Å². The third-order valence-corrected chi connectivity index (χ3v) is 4.72. The molecule has 0 aliphatic heterocycles. The van der Waals surface area contributed by atoms with E-state index in [-0.39, 0.29) is 11.5 Å². The number of hydrogen-bond acceptors (Lipinski definition) is 4. The third-order valence-electron chi connectivity index (χ3n) is 4.72. The zero-order valence-electron chi connectivity index (χ0n) is 15.7. The second-order valence-electron chi connectivity index (χ2n) is 6.73. The zero-order valence-corrected chi connectivity index (χ0v) is 15.7. The van der Waals surface area contributed by atoms with Gasteiger partial charge in [-0.25, -0.2) is 0 Å². The van der Waals surface area contributed by atoms with Gasteiger partial charge in [-0.1, -0.05) is 48.5 Å². The van der Waals surface area contributed by atoms with Crippen LogP contribution in [0.15, 0.2) is 93.8 Å². The van der Waals surface area contributed by atoms with E-state index in [1.165, 1.54) is 0 Å². The van der Waals surface area contributed by atoms with Crippen LogP contribution in [0.25, 0.3) is 21.9 Å². The monoisotopic (exact) mass is 396 g/mol. The van der Waals surface area contributed by atoms with Crippen molar-refractivity contribution in [2.24, 2.45) is 0 Å². The van der Waals surface area contributed by atoms with Crippen molar-refractivity contribution in [1.82, 2.24) is 0 Å². The van der Waals surface area contributed by atoms with Crippen molar-refractivity contribution in [3.05, 3.63) is 96.4 Å². The van der Waals surface area contributed by atoms with Crippen molar-refractivity contribution < 1.29 is 18.4 Å². The number of benzene rings is 3. The maximum atomic E-state index is 12.9. The van der Waals surface area contributed by atoms with E-state index < -0.39 is 11.8 Å². The Hall–Kier alpha value is -4.32. The minimum Gasteiger partial charge on any atom is -0.451 e. The molecular weight excluding hydrogens is 380 g/mol. The van der Waals surface area contributed by atoms with Gasteiger partial charge in [0, 0.05) is 16.5 Å². The molecule has 5 rings (SSSR count). The number of rotatable bonds is 4. The maximum Gasteiger partial charge on any atom is 0.293 e. The molecule has 3 aromatic carbocycles. The molecule has 0 fully saturated rings. The summed E-state index contributed by atoms with van der Waals surface area (Å²) in [5.74, 6) is -0.760. The second kappa shape index (κ2) is 7.25. The first-order valence-electron chi connectivity index (χ1n) is 9.37. The number of nitrogens with one attached hydrogen (secondary N) is 2. The molecule has 0 atom stereocenters. The summed E-state index contributed by atoms with van der Waals surface area (Å²) in [5.41, 5.74) is 2.03. The molecule has 30 heavy (non-hydrogen) atoms. The fraction of sp³-hybridized carbons (Fsp3) is 0. The van der Waals surface area contributed by atoms with E-state index in [2.05, 4.69) is 10.6 Å². The van der Waals surface area contributed by atoms with Gasteiger partial charge in [-0.3, -0.25) is 9.59 Å². The van der Waals surface area contributed by atoms with Crippen LogP contribution in [0.5, 0.6) is 0 Å². The molecule has 2 aromatic heterocycles. The van der Waals surface area contributed by atoms with Gasteiger partial charge in [0.05, 0.1) is 0 Å². The Labute approximate surface area is 171 Å². The first-order valence-corrected chi connectivity index (χ1v) is 9.37. The topological polar surface area (TPSA) is 84.5 Å². The quantitative estimate of drug-likeness (QED) is 0.409. The highest BCUT2D eigenvalue weighted by molar-refractivity contribution is 6.16. The molecule has 0 spiro atoms. The number of amides is 2. The van der Waals surface area contributed by atoms with E-state index in [0.717, 1.165) is 5.39 Å². The van der Waals surface area contributed by atoms with Crippen LogP contribution in [0.2, 0.25) is 0 Å². The number of carbonyl (C=O) groups is 2. The van der Waals surface area contributed by atoms with Crippen LogP contribution < -0.4 is 10.6 Å². The van der Waals surface area contributed by atoms with Crippen molar-refractivity contribution in [1.29, 1.82) is 0 Å². The van der Waals surface area contributed by atoms with E-state index in [4.69, 9.17) is 8.83 Å². The van der Waals surface area contributed by atoms with E-state index in [9.17, 15) is 9.59 Å². The average Bonchev–Trinajstić information content (AvgIpc) is 3.36. The molecule has 6 nitrogen and oxygen atoms in total. The van der Waals surface area contributed by atoms with Crippen LogP contribution in [-0.4, -0.2) is 11.8 Å². The third kappa shape index (κ3) is 3.20. The Balaban J connectivity index is 1.51. The second-order valence-corrected chi connectivity index (χ2v) is 6.73. The number of carbonyl (C=O) groups excluding carboxylic acids is 2. The lowest BCUT2D eigenvalue weighted by Gasteiger charge is -2.06. The van der Waals surface area contributed by atoms with Gasteiger partial charge in [0.25, 0.3) is 11.8 Å². The summed E-state index contributed by atoms with van der Waals surface area (Å²) >= 11 is 0. The summed E-state index contributed by atoms with van der Waals surface area (Å²) in [6.45, 7) is 0. The van der Waals surface area contributed by atoms with Crippen molar-refractivity contribution >= 4 is 45.1 Å². The molecule has 0 saturated heterocycles. The van der Waals surface area contributed by atoms with Crippen LogP contribution in [0.4, 0.5) is 11.4 Å². The SMILES string of the molecule is O=C(Nc1c(C(=O)Nc2ccccc2)oc2ccccc12)c1cc2ccccc2o1. The molecule has 0 radical (unpaired) electrons. The van der Waals surface area contributed by atoms with Gasteiger partial charge in [-0.15, -0.1) is 0 Å². The average molecular weight is 396 g/mol. The Morgan fingerprint density at radius 2 is 1.37 bits per heavy atom. The molecule has 0 aliphatic carbocycles. The Morgan fingerprint density at radius 1 is 0.667 bits per heavy atom. The molecule has 0 bridgehead atoms. The minimum absolute atomic E-state index is 0.0181. The predicted octanol–water partition coefficient (Wildman–Crippen LogP) is 5.68. The smallest absolute Gasteiger partial charge is 0.293 e. The summed E-state index contributed by atoms with van der Waals surface area (Å²) < 4.78 is 11.4. The molecule has 6 heteroatoms. The maximum absolute atomic E-state index is 12.9. The van der Waals surface area contributed by atoms with E-state index >= 15 is 0 Å². The Kier molecular flexibility index (Phi) is 4.29. The number of fused-ring (bicyclic) bond motifs is 2. The molecule has 0 aliphatic rings. The lowest BCUT2D eigenvalue weighted by atomic mass is 10.2. The highest BCUT2D eigenvalue weighted by Crippen LogP contribution is 2.32. The summed E-state index contributed by atoms with van der Waals surface area (Å²) in [7, 11) is 0. The Bertz CT molecular complexity index is 1350. The number of para-hydroxylation sites is 3. The first-order chi connectivity index (χ1) is 14.7. The lowest BCUT2D eigenvalue weighted by Crippen LogP contribution is -2.16. The molecule has 0 saturated carbocycles. The molecule has 2 heterocycles. The van der Waals surface area contributed by atoms with Crippen molar-refractivity contribution in [3.8, 4) is 0 Å². The van der Waals surface area contributed by atoms with E-state index in [1.54, 1.807) is 42.5 Å². The van der Waals surface area contributed by atoms with Crippen LogP contribution in [0, 0.1) is 0 Å². The summed E-state index contributed by atoms with van der Waals surface area (Å²) in [4.78, 5) is 25.8. The number of furan rings is 2. The number of anilines is 2. The van der Waals surface area contributed by atoms with Crippen molar-refractivity contribution in [2.75, 3.05) is 10.6 Å². The van der Waals surface area contributed by atoms with Crippen LogP contribution in [-0.2, 0) is 0 Å². The highest BCUT2D eigenvalue weighted by Gasteiger charge is 2.24. The lowest BCUT2D eigenvalue weighted by molar-refractivity contribution is 0.0997. The standard InChI is InChI=1S/C24H16N2O4/c27-23(20-14-15-8-4-6-12-18(15)29-20)26-21-17-11-5-7-13-19(17)30-22(21)24(28)25-16-9-2-1-3-10-16/h1-14H,(H,25,28)(H,26,27). The molecule has 146 valence electrons. The normalized spacial score (nSPS) is 10.9. The molecule has 0 unspecified atom stereocenters. The van der Waals surface area contributed by atoms with Crippen LogP contribution in [0.1, 0.15) is 21.1 Å². The summed E-state index contributed by atoms with van der Waals surface area (Å²) in [5, 5.41) is 7.02. The fourth-order valence-electron chi connectivity index (χ4n) is 3.31. The summed E-state index contributed by atoms with van der Waals surface area (Å²) in [6.07, 6.45) is 0. The van der Waals surface area contributed by atoms with Crippen molar-refractivity contribution in [3.63, 3.8) is 0 Å².